The normalized spacial score (nSPS) is 22.6. The molecule has 0 amide bonds. The molecule has 0 aliphatic carbocycles. The summed E-state index contributed by atoms with van der Waals surface area (Å²) in [7, 11) is 2.18. The number of likely N-dealkylation sites (N-methyl/N-ethyl adjacent to an activating group) is 1. The fraction of sp³-hybridized carbons (Fsp3) is 0.600. The van der Waals surface area contributed by atoms with Crippen molar-refractivity contribution in [2.75, 3.05) is 31.6 Å². The Balaban J connectivity index is 2.26. The summed E-state index contributed by atoms with van der Waals surface area (Å²) in [6, 6.07) is 6.86. The van der Waals surface area contributed by atoms with Crippen LogP contribution in [0.15, 0.2) is 18.2 Å². The summed E-state index contributed by atoms with van der Waals surface area (Å²) in [5.74, 6) is 0. The summed E-state index contributed by atoms with van der Waals surface area (Å²) in [5.41, 5.74) is 8.40. The minimum atomic E-state index is 0.128. The first-order valence-corrected chi connectivity index (χ1v) is 7.35. The Morgan fingerprint density at radius 2 is 2.16 bits per heavy atom. The number of nitrogens with two attached hydrogens (primary N) is 1. The molecule has 1 aromatic carbocycles. The summed E-state index contributed by atoms with van der Waals surface area (Å²) >= 11 is 6.37. The lowest BCUT2D eigenvalue weighted by molar-refractivity contribution is 0.234. The van der Waals surface area contributed by atoms with E-state index in [4.69, 9.17) is 17.3 Å². The predicted octanol–water partition coefficient (Wildman–Crippen LogP) is 2.37. The molecule has 0 aromatic heterocycles. The van der Waals surface area contributed by atoms with E-state index in [0.717, 1.165) is 31.1 Å². The van der Waals surface area contributed by atoms with E-state index >= 15 is 0 Å². The van der Waals surface area contributed by atoms with E-state index in [2.05, 4.69) is 29.8 Å². The maximum Gasteiger partial charge on any atom is 0.0459 e. The molecular weight excluding hydrogens is 258 g/mol. The van der Waals surface area contributed by atoms with Crippen LogP contribution in [0.1, 0.15) is 19.4 Å². The molecule has 0 bridgehead atoms. The zero-order valence-electron chi connectivity index (χ0n) is 12.1. The number of nitrogens with zero attached hydrogens (tertiary/aromatic N) is 2. The lowest BCUT2D eigenvalue weighted by atomic mass is 10.0. The molecule has 0 radical (unpaired) electrons. The summed E-state index contributed by atoms with van der Waals surface area (Å²) in [6.45, 7) is 7.48. The molecule has 1 fully saturated rings. The van der Waals surface area contributed by atoms with Gasteiger partial charge in [0.2, 0.25) is 0 Å². The van der Waals surface area contributed by atoms with Crippen LogP contribution in [0.25, 0.3) is 0 Å². The van der Waals surface area contributed by atoms with Crippen molar-refractivity contribution >= 4 is 17.3 Å². The van der Waals surface area contributed by atoms with Gasteiger partial charge in [-0.3, -0.25) is 0 Å². The number of hydrogen-bond acceptors (Lipinski definition) is 3. The molecule has 2 N–H and O–H groups in total. The molecule has 1 saturated heterocycles. The summed E-state index contributed by atoms with van der Waals surface area (Å²) in [4.78, 5) is 4.83. The van der Waals surface area contributed by atoms with Crippen LogP contribution in [0.5, 0.6) is 0 Å². The Morgan fingerprint density at radius 1 is 1.42 bits per heavy atom. The molecule has 4 heteroatoms. The Bertz CT molecular complexity index is 433. The van der Waals surface area contributed by atoms with Gasteiger partial charge in [-0.15, -0.1) is 0 Å². The zero-order valence-corrected chi connectivity index (χ0v) is 12.8. The highest BCUT2D eigenvalue weighted by molar-refractivity contribution is 6.31. The van der Waals surface area contributed by atoms with E-state index in [1.165, 1.54) is 11.3 Å². The number of anilines is 1. The predicted molar refractivity (Wildman–Crippen MR) is 83.1 cm³/mol. The van der Waals surface area contributed by atoms with Crippen LogP contribution < -0.4 is 10.6 Å². The summed E-state index contributed by atoms with van der Waals surface area (Å²) in [6.07, 6.45) is 0.829. The lowest BCUT2D eigenvalue weighted by Crippen LogP contribution is -2.50. The highest BCUT2D eigenvalue weighted by Crippen LogP contribution is 2.30. The molecule has 0 spiro atoms. The minimum Gasteiger partial charge on any atom is -0.368 e. The second-order valence-electron chi connectivity index (χ2n) is 5.69. The Hall–Kier alpha value is -0.770. The smallest absolute Gasteiger partial charge is 0.0459 e. The minimum absolute atomic E-state index is 0.128. The SMILES string of the molecule is CC(N)Cc1c(Cl)cccc1N1CCN(C)C(C)C1. The van der Waals surface area contributed by atoms with Crippen molar-refractivity contribution < 1.29 is 0 Å². The summed E-state index contributed by atoms with van der Waals surface area (Å²) in [5, 5.41) is 0.835. The third-order valence-corrected chi connectivity index (χ3v) is 4.27. The molecule has 1 heterocycles. The highest BCUT2D eigenvalue weighted by Gasteiger charge is 2.23. The van der Waals surface area contributed by atoms with E-state index in [1.54, 1.807) is 0 Å². The average molecular weight is 282 g/mol. The van der Waals surface area contributed by atoms with E-state index in [0.29, 0.717) is 6.04 Å². The third kappa shape index (κ3) is 3.41. The van der Waals surface area contributed by atoms with Gasteiger partial charge in [-0.2, -0.15) is 0 Å². The van der Waals surface area contributed by atoms with E-state index in [1.807, 2.05) is 19.1 Å². The van der Waals surface area contributed by atoms with E-state index in [-0.39, 0.29) is 6.04 Å². The molecule has 1 aliphatic heterocycles. The Labute approximate surface area is 121 Å². The highest BCUT2D eigenvalue weighted by atomic mass is 35.5. The molecule has 1 aliphatic rings. The number of hydrogen-bond donors (Lipinski definition) is 1. The van der Waals surface area contributed by atoms with Gasteiger partial charge in [0.25, 0.3) is 0 Å². The van der Waals surface area contributed by atoms with Gasteiger partial charge in [0.15, 0.2) is 0 Å². The van der Waals surface area contributed by atoms with Crippen LogP contribution in [-0.4, -0.2) is 43.7 Å². The van der Waals surface area contributed by atoms with Crippen molar-refractivity contribution in [1.82, 2.24) is 4.90 Å². The molecule has 3 nitrogen and oxygen atoms in total. The van der Waals surface area contributed by atoms with Gasteiger partial charge in [-0.1, -0.05) is 17.7 Å². The van der Waals surface area contributed by atoms with Crippen molar-refractivity contribution in [3.63, 3.8) is 0 Å². The Kier molecular flexibility index (Phi) is 4.71. The maximum absolute atomic E-state index is 6.37. The van der Waals surface area contributed by atoms with Crippen molar-refractivity contribution in [3.05, 3.63) is 28.8 Å². The number of benzene rings is 1. The maximum atomic E-state index is 6.37. The fourth-order valence-electron chi connectivity index (χ4n) is 2.63. The van der Waals surface area contributed by atoms with Crippen molar-refractivity contribution in [2.45, 2.75) is 32.4 Å². The first-order valence-electron chi connectivity index (χ1n) is 6.97. The van der Waals surface area contributed by atoms with Crippen molar-refractivity contribution in [3.8, 4) is 0 Å². The fourth-order valence-corrected chi connectivity index (χ4v) is 2.88. The lowest BCUT2D eigenvalue weighted by Gasteiger charge is -2.40. The van der Waals surface area contributed by atoms with Gasteiger partial charge in [-0.25, -0.2) is 0 Å². The van der Waals surface area contributed by atoms with Gasteiger partial charge in [0.05, 0.1) is 0 Å². The van der Waals surface area contributed by atoms with Gasteiger partial charge in [0.1, 0.15) is 0 Å². The Morgan fingerprint density at radius 3 is 2.79 bits per heavy atom. The standard InChI is InChI=1S/C15H24ClN3/c1-11(17)9-13-14(16)5-4-6-15(13)19-8-7-18(3)12(2)10-19/h4-6,11-12H,7-10,17H2,1-3H3. The average Bonchev–Trinajstić information content (AvgIpc) is 2.35. The largest absolute Gasteiger partial charge is 0.368 e. The quantitative estimate of drug-likeness (QED) is 0.923. The number of piperazine rings is 1. The number of halogens is 1. The monoisotopic (exact) mass is 281 g/mol. The van der Waals surface area contributed by atoms with Crippen LogP contribution in [0.4, 0.5) is 5.69 Å². The van der Waals surface area contributed by atoms with Crippen LogP contribution in [0.2, 0.25) is 5.02 Å². The van der Waals surface area contributed by atoms with Crippen molar-refractivity contribution in [2.24, 2.45) is 5.73 Å². The van der Waals surface area contributed by atoms with E-state index < -0.39 is 0 Å². The zero-order chi connectivity index (χ0) is 14.0. The molecule has 2 rings (SSSR count). The van der Waals surface area contributed by atoms with Gasteiger partial charge >= 0.3 is 0 Å². The van der Waals surface area contributed by atoms with Gasteiger partial charge in [-0.05, 0) is 45.0 Å². The van der Waals surface area contributed by atoms with Crippen molar-refractivity contribution in [1.29, 1.82) is 0 Å². The van der Waals surface area contributed by atoms with Crippen LogP contribution in [-0.2, 0) is 6.42 Å². The third-order valence-electron chi connectivity index (χ3n) is 3.92. The second-order valence-corrected chi connectivity index (χ2v) is 6.10. The van der Waals surface area contributed by atoms with Gasteiger partial charge < -0.3 is 15.5 Å². The molecule has 0 saturated carbocycles. The first kappa shape index (κ1) is 14.6. The molecule has 19 heavy (non-hydrogen) atoms. The second kappa shape index (κ2) is 6.12. The first-order chi connectivity index (χ1) is 8.99. The van der Waals surface area contributed by atoms with Gasteiger partial charge in [0, 0.05) is 42.4 Å². The van der Waals surface area contributed by atoms with E-state index in [9.17, 15) is 0 Å². The van der Waals surface area contributed by atoms with Crippen LogP contribution >= 0.6 is 11.6 Å². The van der Waals surface area contributed by atoms with Crippen LogP contribution in [0.3, 0.4) is 0 Å². The topological polar surface area (TPSA) is 32.5 Å². The molecule has 2 unspecified atom stereocenters. The van der Waals surface area contributed by atoms with Crippen LogP contribution in [0, 0.1) is 0 Å². The molecular formula is C15H24ClN3. The molecule has 106 valence electrons. The molecule has 1 aromatic rings. The summed E-state index contributed by atoms with van der Waals surface area (Å²) < 4.78 is 0. The number of rotatable bonds is 3. The molecule has 2 atom stereocenters.